The summed E-state index contributed by atoms with van der Waals surface area (Å²) in [6.45, 7) is 0.542. The van der Waals surface area contributed by atoms with Gasteiger partial charge in [-0.3, -0.25) is 0 Å². The molecule has 0 radical (unpaired) electrons. The van der Waals surface area contributed by atoms with Crippen molar-refractivity contribution >= 4 is 17.4 Å². The fraction of sp³-hybridized carbons (Fsp3) is 0.154. The van der Waals surface area contributed by atoms with Crippen molar-refractivity contribution in [1.29, 1.82) is 0 Å². The van der Waals surface area contributed by atoms with Crippen LogP contribution in [-0.4, -0.2) is 10.1 Å². The van der Waals surface area contributed by atoms with Crippen molar-refractivity contribution in [1.82, 2.24) is 4.98 Å². The molecule has 0 aliphatic carbocycles. The quantitative estimate of drug-likeness (QED) is 0.875. The highest BCUT2D eigenvalue weighted by Crippen LogP contribution is 2.17. The van der Waals surface area contributed by atoms with Crippen LogP contribution in [0.3, 0.4) is 0 Å². The fourth-order valence-corrected chi connectivity index (χ4v) is 1.65. The SMILES string of the molecule is OCc1nc(NCc2ccccc2)ccc1Cl. The van der Waals surface area contributed by atoms with Crippen molar-refractivity contribution in [2.24, 2.45) is 0 Å². The van der Waals surface area contributed by atoms with Crippen LogP contribution in [0.2, 0.25) is 5.02 Å². The van der Waals surface area contributed by atoms with Crippen molar-refractivity contribution in [2.45, 2.75) is 13.2 Å². The first kappa shape index (κ1) is 11.9. The van der Waals surface area contributed by atoms with E-state index in [9.17, 15) is 0 Å². The summed E-state index contributed by atoms with van der Waals surface area (Å²) in [7, 11) is 0. The van der Waals surface area contributed by atoms with E-state index in [0.29, 0.717) is 23.1 Å². The average molecular weight is 249 g/mol. The zero-order valence-corrected chi connectivity index (χ0v) is 9.98. The number of nitrogens with one attached hydrogen (secondary N) is 1. The lowest BCUT2D eigenvalue weighted by Gasteiger charge is -2.07. The van der Waals surface area contributed by atoms with Gasteiger partial charge < -0.3 is 10.4 Å². The molecule has 0 aliphatic rings. The third-order valence-corrected chi connectivity index (χ3v) is 2.73. The standard InChI is InChI=1S/C13H13ClN2O/c14-11-6-7-13(16-12(11)9-17)15-8-10-4-2-1-3-5-10/h1-7,17H,8-9H2,(H,15,16). The van der Waals surface area contributed by atoms with E-state index >= 15 is 0 Å². The average Bonchev–Trinajstić information content (AvgIpc) is 2.39. The molecule has 0 saturated heterocycles. The Morgan fingerprint density at radius 1 is 1.12 bits per heavy atom. The molecule has 0 fully saturated rings. The molecule has 2 N–H and O–H groups in total. The number of aromatic nitrogens is 1. The zero-order chi connectivity index (χ0) is 12.1. The Morgan fingerprint density at radius 2 is 1.88 bits per heavy atom. The van der Waals surface area contributed by atoms with Crippen LogP contribution >= 0.6 is 11.6 Å². The first-order valence-corrected chi connectivity index (χ1v) is 5.71. The molecular formula is C13H13ClN2O. The van der Waals surface area contributed by atoms with E-state index in [2.05, 4.69) is 10.3 Å². The summed E-state index contributed by atoms with van der Waals surface area (Å²) in [5, 5.41) is 12.7. The molecule has 0 unspecified atom stereocenters. The van der Waals surface area contributed by atoms with E-state index in [-0.39, 0.29) is 6.61 Å². The van der Waals surface area contributed by atoms with Crippen LogP contribution in [-0.2, 0) is 13.2 Å². The van der Waals surface area contributed by atoms with Gasteiger partial charge in [0.25, 0.3) is 0 Å². The molecular weight excluding hydrogens is 236 g/mol. The molecule has 17 heavy (non-hydrogen) atoms. The fourth-order valence-electron chi connectivity index (χ4n) is 1.48. The van der Waals surface area contributed by atoms with E-state index < -0.39 is 0 Å². The van der Waals surface area contributed by atoms with E-state index in [0.717, 1.165) is 0 Å². The minimum absolute atomic E-state index is 0.153. The maximum absolute atomic E-state index is 9.05. The van der Waals surface area contributed by atoms with Gasteiger partial charge in [0, 0.05) is 6.54 Å². The topological polar surface area (TPSA) is 45.2 Å². The van der Waals surface area contributed by atoms with Gasteiger partial charge >= 0.3 is 0 Å². The smallest absolute Gasteiger partial charge is 0.126 e. The summed E-state index contributed by atoms with van der Waals surface area (Å²) in [6, 6.07) is 13.6. The second-order valence-electron chi connectivity index (χ2n) is 3.62. The summed E-state index contributed by atoms with van der Waals surface area (Å²) in [5.74, 6) is 0.710. The van der Waals surface area contributed by atoms with Crippen LogP contribution in [0.4, 0.5) is 5.82 Å². The van der Waals surface area contributed by atoms with Gasteiger partial charge in [0.05, 0.1) is 17.3 Å². The lowest BCUT2D eigenvalue weighted by Crippen LogP contribution is -2.03. The van der Waals surface area contributed by atoms with Crippen molar-refractivity contribution in [3.05, 3.63) is 58.7 Å². The Bertz CT molecular complexity index is 488. The highest BCUT2D eigenvalue weighted by molar-refractivity contribution is 6.31. The van der Waals surface area contributed by atoms with E-state index in [4.69, 9.17) is 16.7 Å². The molecule has 2 rings (SSSR count). The van der Waals surface area contributed by atoms with E-state index in [1.165, 1.54) is 5.56 Å². The van der Waals surface area contributed by atoms with Crippen molar-refractivity contribution in [3.8, 4) is 0 Å². The molecule has 0 aliphatic heterocycles. The molecule has 0 spiro atoms. The number of benzene rings is 1. The molecule has 2 aromatic rings. The number of pyridine rings is 1. The third kappa shape index (κ3) is 3.19. The molecule has 0 amide bonds. The molecule has 0 saturated carbocycles. The summed E-state index contributed by atoms with van der Waals surface area (Å²) in [6.07, 6.45) is 0. The Labute approximate surface area is 105 Å². The van der Waals surface area contributed by atoms with Crippen LogP contribution in [0, 0.1) is 0 Å². The van der Waals surface area contributed by atoms with Crippen LogP contribution in [0.25, 0.3) is 0 Å². The monoisotopic (exact) mass is 248 g/mol. The van der Waals surface area contributed by atoms with Crippen LogP contribution in [0.5, 0.6) is 0 Å². The minimum Gasteiger partial charge on any atom is -0.390 e. The Kier molecular flexibility index (Phi) is 3.96. The van der Waals surface area contributed by atoms with Gasteiger partial charge in [-0.1, -0.05) is 41.9 Å². The molecule has 4 heteroatoms. The van der Waals surface area contributed by atoms with Crippen LogP contribution < -0.4 is 5.32 Å². The number of aliphatic hydroxyl groups is 1. The first-order valence-electron chi connectivity index (χ1n) is 5.33. The molecule has 1 heterocycles. The summed E-state index contributed by atoms with van der Waals surface area (Å²) in [4.78, 5) is 4.21. The van der Waals surface area contributed by atoms with Crippen molar-refractivity contribution in [3.63, 3.8) is 0 Å². The minimum atomic E-state index is -0.153. The molecule has 1 aromatic carbocycles. The maximum Gasteiger partial charge on any atom is 0.126 e. The summed E-state index contributed by atoms with van der Waals surface area (Å²) >= 11 is 5.86. The number of nitrogens with zero attached hydrogens (tertiary/aromatic N) is 1. The van der Waals surface area contributed by atoms with Crippen LogP contribution in [0.1, 0.15) is 11.3 Å². The molecule has 1 aromatic heterocycles. The second-order valence-corrected chi connectivity index (χ2v) is 4.03. The number of hydrogen-bond donors (Lipinski definition) is 2. The first-order chi connectivity index (χ1) is 8.29. The van der Waals surface area contributed by atoms with Gasteiger partial charge in [-0.05, 0) is 17.7 Å². The Balaban J connectivity index is 2.04. The van der Waals surface area contributed by atoms with E-state index in [1.807, 2.05) is 30.3 Å². The highest BCUT2D eigenvalue weighted by atomic mass is 35.5. The lowest BCUT2D eigenvalue weighted by molar-refractivity contribution is 0.277. The van der Waals surface area contributed by atoms with Crippen molar-refractivity contribution < 1.29 is 5.11 Å². The van der Waals surface area contributed by atoms with Crippen molar-refractivity contribution in [2.75, 3.05) is 5.32 Å². The van der Waals surface area contributed by atoms with Gasteiger partial charge in [-0.2, -0.15) is 0 Å². The zero-order valence-electron chi connectivity index (χ0n) is 9.23. The van der Waals surface area contributed by atoms with Crippen LogP contribution in [0.15, 0.2) is 42.5 Å². The van der Waals surface area contributed by atoms with Gasteiger partial charge in [-0.15, -0.1) is 0 Å². The Hall–Kier alpha value is -1.58. The number of aliphatic hydroxyl groups excluding tert-OH is 1. The van der Waals surface area contributed by atoms with E-state index in [1.54, 1.807) is 12.1 Å². The van der Waals surface area contributed by atoms with Gasteiger partial charge in [0.2, 0.25) is 0 Å². The molecule has 3 nitrogen and oxygen atoms in total. The predicted octanol–water partition coefficient (Wildman–Crippen LogP) is 2.84. The largest absolute Gasteiger partial charge is 0.390 e. The molecule has 0 bridgehead atoms. The second kappa shape index (κ2) is 5.66. The van der Waals surface area contributed by atoms with Gasteiger partial charge in [0.1, 0.15) is 5.82 Å². The number of halogens is 1. The Morgan fingerprint density at radius 3 is 2.59 bits per heavy atom. The van der Waals surface area contributed by atoms with Gasteiger partial charge in [0.15, 0.2) is 0 Å². The normalized spacial score (nSPS) is 10.2. The lowest BCUT2D eigenvalue weighted by atomic mass is 10.2. The maximum atomic E-state index is 9.05. The summed E-state index contributed by atoms with van der Waals surface area (Å²) < 4.78 is 0. The van der Waals surface area contributed by atoms with Gasteiger partial charge in [-0.25, -0.2) is 4.98 Å². The predicted molar refractivity (Wildman–Crippen MR) is 68.9 cm³/mol. The summed E-state index contributed by atoms with van der Waals surface area (Å²) in [5.41, 5.74) is 1.67. The number of anilines is 1. The highest BCUT2D eigenvalue weighted by Gasteiger charge is 2.02. The number of hydrogen-bond acceptors (Lipinski definition) is 3. The number of rotatable bonds is 4. The molecule has 88 valence electrons. The molecule has 0 atom stereocenters. The third-order valence-electron chi connectivity index (χ3n) is 2.38.